The van der Waals surface area contributed by atoms with Crippen molar-refractivity contribution in [2.45, 2.75) is 70.9 Å². The molecule has 3 N–H and O–H groups in total. The third-order valence-corrected chi connectivity index (χ3v) is 6.02. The van der Waals surface area contributed by atoms with Gasteiger partial charge in [0.05, 0.1) is 5.69 Å². The second-order valence-electron chi connectivity index (χ2n) is 8.65. The molecule has 0 bridgehead atoms. The molecule has 2 fully saturated rings. The molecule has 0 saturated heterocycles. The van der Waals surface area contributed by atoms with Crippen molar-refractivity contribution in [1.82, 2.24) is 25.3 Å². The maximum atomic E-state index is 12.4. The van der Waals surface area contributed by atoms with E-state index < -0.39 is 0 Å². The lowest BCUT2D eigenvalue weighted by Crippen LogP contribution is -2.47. The summed E-state index contributed by atoms with van der Waals surface area (Å²) >= 11 is 0. The first-order chi connectivity index (χ1) is 14.6. The molecule has 2 atom stereocenters. The van der Waals surface area contributed by atoms with E-state index in [1.54, 1.807) is 0 Å². The van der Waals surface area contributed by atoms with Crippen LogP contribution in [0.1, 0.15) is 56.7 Å². The number of aliphatic imine (C=N–C) groups is 1. The predicted octanol–water partition coefficient (Wildman–Crippen LogP) is 3.20. The Labute approximate surface area is 201 Å². The number of aromatic nitrogens is 2. The summed E-state index contributed by atoms with van der Waals surface area (Å²) in [6.07, 6.45) is 11.3. The Balaban J connectivity index is 0.00000272. The Morgan fingerprint density at radius 1 is 1.23 bits per heavy atom. The minimum atomic E-state index is 0. The number of carbonyl (C=O) groups excluding carboxylic acids is 1. The molecule has 8 heteroatoms. The first-order valence-corrected chi connectivity index (χ1v) is 11.4. The Kier molecular flexibility index (Phi) is 8.57. The Morgan fingerprint density at radius 3 is 2.81 bits per heavy atom. The number of nitrogens with zero attached hydrogens (tertiary/aromatic N) is 3. The largest absolute Gasteiger partial charge is 0.357 e. The van der Waals surface area contributed by atoms with Crippen LogP contribution in [-0.4, -0.2) is 46.4 Å². The van der Waals surface area contributed by atoms with Crippen LogP contribution in [0.2, 0.25) is 0 Å². The zero-order chi connectivity index (χ0) is 20.9. The van der Waals surface area contributed by atoms with Crippen molar-refractivity contribution in [3.63, 3.8) is 0 Å². The van der Waals surface area contributed by atoms with E-state index >= 15 is 0 Å². The highest BCUT2D eigenvalue weighted by Crippen LogP contribution is 2.26. The van der Waals surface area contributed by atoms with Crippen LogP contribution < -0.4 is 16.0 Å². The second kappa shape index (κ2) is 11.2. The van der Waals surface area contributed by atoms with Crippen molar-refractivity contribution in [2.24, 2.45) is 10.9 Å². The van der Waals surface area contributed by atoms with Gasteiger partial charge < -0.3 is 20.4 Å². The predicted molar refractivity (Wildman–Crippen MR) is 135 cm³/mol. The average molecular weight is 538 g/mol. The number of fused-ring (bicyclic) bond motifs is 1. The van der Waals surface area contributed by atoms with Crippen LogP contribution in [0, 0.1) is 12.8 Å². The molecule has 170 valence electrons. The second-order valence-corrected chi connectivity index (χ2v) is 8.65. The van der Waals surface area contributed by atoms with E-state index in [2.05, 4.69) is 46.5 Å². The van der Waals surface area contributed by atoms with E-state index in [0.29, 0.717) is 18.6 Å². The highest BCUT2D eigenvalue weighted by atomic mass is 127. The number of hydrogen-bond acceptors (Lipinski definition) is 3. The highest BCUT2D eigenvalue weighted by molar-refractivity contribution is 14.0. The van der Waals surface area contributed by atoms with Gasteiger partial charge in [0, 0.05) is 49.9 Å². The molecule has 2 unspecified atom stereocenters. The lowest BCUT2D eigenvalue weighted by Gasteiger charge is -2.30. The zero-order valence-electron chi connectivity index (χ0n) is 18.6. The maximum Gasteiger partial charge on any atom is 0.223 e. The molecule has 1 amide bonds. The van der Waals surface area contributed by atoms with Gasteiger partial charge in [0.15, 0.2) is 5.96 Å². The van der Waals surface area contributed by atoms with E-state index in [0.717, 1.165) is 68.8 Å². The summed E-state index contributed by atoms with van der Waals surface area (Å²) in [4.78, 5) is 21.9. The minimum absolute atomic E-state index is 0. The third kappa shape index (κ3) is 6.57. The van der Waals surface area contributed by atoms with E-state index in [-0.39, 0.29) is 35.8 Å². The number of rotatable bonds is 7. The van der Waals surface area contributed by atoms with Gasteiger partial charge in [-0.1, -0.05) is 12.5 Å². The summed E-state index contributed by atoms with van der Waals surface area (Å²) in [5.74, 6) is 1.21. The van der Waals surface area contributed by atoms with E-state index in [1.165, 1.54) is 5.56 Å². The number of halogens is 1. The van der Waals surface area contributed by atoms with Gasteiger partial charge in [-0.2, -0.15) is 0 Å². The summed E-state index contributed by atoms with van der Waals surface area (Å²) in [5, 5.41) is 10.1. The van der Waals surface area contributed by atoms with Gasteiger partial charge in [-0.3, -0.25) is 9.79 Å². The number of nitrogens with one attached hydrogen (secondary N) is 3. The number of carbonyl (C=O) groups is 1. The fourth-order valence-corrected chi connectivity index (χ4v) is 4.23. The van der Waals surface area contributed by atoms with Gasteiger partial charge >= 0.3 is 0 Å². The van der Waals surface area contributed by atoms with Crippen LogP contribution in [0.25, 0.3) is 5.65 Å². The zero-order valence-corrected chi connectivity index (χ0v) is 20.9. The molecule has 2 heterocycles. The minimum Gasteiger partial charge on any atom is -0.357 e. The van der Waals surface area contributed by atoms with Crippen molar-refractivity contribution in [2.75, 3.05) is 13.1 Å². The number of guanidine groups is 1. The maximum absolute atomic E-state index is 12.4. The van der Waals surface area contributed by atoms with Gasteiger partial charge in [-0.25, -0.2) is 4.98 Å². The molecule has 2 aliphatic carbocycles. The van der Waals surface area contributed by atoms with Crippen molar-refractivity contribution in [3.8, 4) is 0 Å². The molecule has 31 heavy (non-hydrogen) atoms. The summed E-state index contributed by atoms with van der Waals surface area (Å²) in [5.41, 5.74) is 3.25. The molecule has 2 aliphatic rings. The quantitative estimate of drug-likeness (QED) is 0.287. The standard InChI is InChI=1S/C23H34N6O.HI/c1-3-24-23(25-12-11-20-15-29-13-5-6-16(2)21(29)26-20)28-19-8-4-7-17(14-19)22(30)27-18-9-10-18;/h5-6,13,15,17-19H,3-4,7-12,14H2,1-2H3,(H,27,30)(H2,24,25,28);1H. The van der Waals surface area contributed by atoms with Gasteiger partial charge in [-0.15, -0.1) is 24.0 Å². The normalized spacial score (nSPS) is 21.4. The number of imidazole rings is 1. The van der Waals surface area contributed by atoms with Crippen LogP contribution >= 0.6 is 24.0 Å². The molecule has 2 aromatic rings. The Hall–Kier alpha value is -1.84. The molecule has 4 rings (SSSR count). The Bertz CT molecular complexity index is 907. The number of amides is 1. The monoisotopic (exact) mass is 538 g/mol. The SMILES string of the molecule is CCNC(=NCCc1cn2cccc(C)c2n1)NC1CCCC(C(=O)NC2CC2)C1.I. The molecule has 0 radical (unpaired) electrons. The van der Waals surface area contributed by atoms with Crippen LogP contribution in [0.4, 0.5) is 0 Å². The molecular formula is C23H35IN6O. The molecule has 2 saturated carbocycles. The van der Waals surface area contributed by atoms with Crippen LogP contribution in [0.3, 0.4) is 0 Å². The lowest BCUT2D eigenvalue weighted by atomic mass is 9.85. The fourth-order valence-electron chi connectivity index (χ4n) is 4.23. The molecule has 2 aromatic heterocycles. The van der Waals surface area contributed by atoms with Crippen molar-refractivity contribution in [3.05, 3.63) is 35.8 Å². The topological polar surface area (TPSA) is 82.8 Å². The first-order valence-electron chi connectivity index (χ1n) is 11.4. The van der Waals surface area contributed by atoms with Crippen LogP contribution in [0.15, 0.2) is 29.5 Å². The van der Waals surface area contributed by atoms with Gasteiger partial charge in [0.2, 0.25) is 5.91 Å². The summed E-state index contributed by atoms with van der Waals surface area (Å²) < 4.78 is 2.08. The lowest BCUT2D eigenvalue weighted by molar-refractivity contribution is -0.126. The fraction of sp³-hybridized carbons (Fsp3) is 0.609. The third-order valence-electron chi connectivity index (χ3n) is 6.02. The van der Waals surface area contributed by atoms with Gasteiger partial charge in [0.1, 0.15) is 5.65 Å². The van der Waals surface area contributed by atoms with Crippen molar-refractivity contribution >= 4 is 41.5 Å². The molecule has 0 aliphatic heterocycles. The van der Waals surface area contributed by atoms with E-state index in [9.17, 15) is 4.79 Å². The van der Waals surface area contributed by atoms with Crippen LogP contribution in [0.5, 0.6) is 0 Å². The number of pyridine rings is 1. The number of aryl methyl sites for hydroxylation is 1. The first kappa shape index (κ1) is 23.8. The van der Waals surface area contributed by atoms with Crippen molar-refractivity contribution in [1.29, 1.82) is 0 Å². The smallest absolute Gasteiger partial charge is 0.223 e. The summed E-state index contributed by atoms with van der Waals surface area (Å²) in [6.45, 7) is 5.66. The van der Waals surface area contributed by atoms with Crippen LogP contribution in [-0.2, 0) is 11.2 Å². The van der Waals surface area contributed by atoms with Gasteiger partial charge in [0.25, 0.3) is 0 Å². The molecule has 0 aromatic carbocycles. The van der Waals surface area contributed by atoms with E-state index in [1.807, 2.05) is 12.3 Å². The Morgan fingerprint density at radius 2 is 2.06 bits per heavy atom. The average Bonchev–Trinajstić information content (AvgIpc) is 3.44. The van der Waals surface area contributed by atoms with Crippen molar-refractivity contribution < 1.29 is 4.79 Å². The molecular weight excluding hydrogens is 503 g/mol. The highest BCUT2D eigenvalue weighted by Gasteiger charge is 2.31. The van der Waals surface area contributed by atoms with E-state index in [4.69, 9.17) is 9.98 Å². The summed E-state index contributed by atoms with van der Waals surface area (Å²) in [6, 6.07) is 4.86. The summed E-state index contributed by atoms with van der Waals surface area (Å²) in [7, 11) is 0. The molecule has 0 spiro atoms. The number of hydrogen-bond donors (Lipinski definition) is 3. The molecule has 7 nitrogen and oxygen atoms in total. The van der Waals surface area contributed by atoms with Gasteiger partial charge in [-0.05, 0) is 57.6 Å².